The molecular formula is C45H52Cl2Hf-6. The van der Waals surface area contributed by atoms with Crippen LogP contribution in [0.2, 0.25) is 0 Å². The first-order valence-electron chi connectivity index (χ1n) is 17.2. The predicted molar refractivity (Wildman–Crippen MR) is 201 cm³/mol. The van der Waals surface area contributed by atoms with E-state index in [9.17, 15) is 0 Å². The molecule has 0 aliphatic heterocycles. The third-order valence-electron chi connectivity index (χ3n) is 8.61. The molecule has 3 heteroatoms. The maximum absolute atomic E-state index is 3.38. The van der Waals surface area contributed by atoms with Crippen molar-refractivity contribution < 1.29 is 50.7 Å². The molecule has 0 aliphatic rings. The molecule has 6 aromatic rings. The van der Waals surface area contributed by atoms with Crippen molar-refractivity contribution in [2.24, 2.45) is 0 Å². The van der Waals surface area contributed by atoms with Gasteiger partial charge in [-0.25, -0.2) is 0 Å². The van der Waals surface area contributed by atoms with Crippen molar-refractivity contribution in [2.75, 3.05) is 0 Å². The Morgan fingerprint density at radius 2 is 0.875 bits per heavy atom. The van der Waals surface area contributed by atoms with Gasteiger partial charge in [-0.05, 0) is 47.9 Å². The molecule has 0 amide bonds. The Hall–Kier alpha value is -2.45. The Balaban J connectivity index is 0.000000420. The molecule has 0 N–H and O–H groups in total. The van der Waals surface area contributed by atoms with Crippen LogP contribution < -0.4 is 24.8 Å². The van der Waals surface area contributed by atoms with Crippen LogP contribution in [0.4, 0.5) is 0 Å². The fourth-order valence-electron chi connectivity index (χ4n) is 5.99. The second-order valence-electron chi connectivity index (χ2n) is 12.0. The van der Waals surface area contributed by atoms with Gasteiger partial charge in [-0.1, -0.05) is 125 Å². The molecule has 0 aliphatic carbocycles. The van der Waals surface area contributed by atoms with Crippen molar-refractivity contribution in [2.45, 2.75) is 85.5 Å². The van der Waals surface area contributed by atoms with Gasteiger partial charge in [0, 0.05) is 25.8 Å². The van der Waals surface area contributed by atoms with Crippen LogP contribution in [-0.2, 0) is 51.5 Å². The predicted octanol–water partition coefficient (Wildman–Crippen LogP) is 7.31. The molecule has 0 heterocycles. The standard InChI is InChI=1S/2C21H23.C3H6.2ClH.Hf/c2*1-3-5-7-17-14-19-8-6-9-20(21(19)15-17)18-12-10-16(4-2)11-13-18;1-3-2;;;/h2*6,8-15H,3-5,7H2,1-2H3;1-3H2;2*1H;/q2*-1;-2;;;/p-2. The van der Waals surface area contributed by atoms with Crippen molar-refractivity contribution in [3.05, 3.63) is 145 Å². The van der Waals surface area contributed by atoms with Gasteiger partial charge < -0.3 is 45.1 Å². The molecule has 0 saturated carbocycles. The van der Waals surface area contributed by atoms with E-state index in [2.05, 4.69) is 151 Å². The van der Waals surface area contributed by atoms with E-state index in [4.69, 9.17) is 0 Å². The molecule has 6 aromatic carbocycles. The fraction of sp³-hybridized carbons (Fsp3) is 0.289. The number of benzene rings is 4. The topological polar surface area (TPSA) is 0 Å². The summed E-state index contributed by atoms with van der Waals surface area (Å²) in [5.41, 5.74) is 11.1. The molecule has 0 bridgehead atoms. The number of rotatable bonds is 10. The number of fused-ring (bicyclic) bond motifs is 2. The van der Waals surface area contributed by atoms with Crippen LogP contribution in [0.1, 0.15) is 82.1 Å². The smallest absolute Gasteiger partial charge is 0 e. The van der Waals surface area contributed by atoms with Gasteiger partial charge in [0.1, 0.15) is 0 Å². The molecule has 48 heavy (non-hydrogen) atoms. The molecule has 0 aromatic heterocycles. The van der Waals surface area contributed by atoms with E-state index >= 15 is 0 Å². The molecule has 0 spiro atoms. The third-order valence-corrected chi connectivity index (χ3v) is 8.61. The van der Waals surface area contributed by atoms with Gasteiger partial charge in [0.2, 0.25) is 0 Å². The van der Waals surface area contributed by atoms with Crippen molar-refractivity contribution >= 4 is 21.5 Å². The molecule has 0 nitrogen and oxygen atoms in total. The number of hydrogen-bond donors (Lipinski definition) is 0. The number of aryl methyl sites for hydroxylation is 4. The number of hydrogen-bond acceptors (Lipinski definition) is 0. The Morgan fingerprint density at radius 3 is 1.19 bits per heavy atom. The maximum atomic E-state index is 3.38. The van der Waals surface area contributed by atoms with Crippen LogP contribution in [0.5, 0.6) is 0 Å². The zero-order chi connectivity index (χ0) is 32.0. The van der Waals surface area contributed by atoms with Gasteiger partial charge in [-0.2, -0.15) is 12.1 Å². The number of halogens is 2. The van der Waals surface area contributed by atoms with Gasteiger partial charge >= 0.3 is 0 Å². The summed E-state index contributed by atoms with van der Waals surface area (Å²) in [6.45, 7) is 15.7. The molecule has 256 valence electrons. The minimum atomic E-state index is 0. The summed E-state index contributed by atoms with van der Waals surface area (Å²) in [5.74, 6) is 0. The van der Waals surface area contributed by atoms with E-state index in [-0.39, 0.29) is 50.7 Å². The quantitative estimate of drug-likeness (QED) is 0.100. The van der Waals surface area contributed by atoms with Crippen LogP contribution >= 0.6 is 0 Å². The van der Waals surface area contributed by atoms with Crippen LogP contribution in [0.3, 0.4) is 0 Å². The molecule has 6 rings (SSSR count). The van der Waals surface area contributed by atoms with E-state index < -0.39 is 0 Å². The van der Waals surface area contributed by atoms with Gasteiger partial charge in [0.15, 0.2) is 0 Å². The maximum Gasteiger partial charge on any atom is 0 e. The normalized spacial score (nSPS) is 10.1. The van der Waals surface area contributed by atoms with Crippen LogP contribution in [0.15, 0.2) is 109 Å². The van der Waals surface area contributed by atoms with E-state index in [0.29, 0.717) is 0 Å². The summed E-state index contributed by atoms with van der Waals surface area (Å²) in [7, 11) is 0. The zero-order valence-corrected chi connectivity index (χ0v) is 34.5. The SMILES string of the molecule is CCCCc1cc2c(-c3ccc(CC)cc3)cccc2[cH-]1.CCCCc1cc2c(-c3ccc(CC)cc3)cccc2[cH-]1.[CH2-]C[CH2-].[Cl-].[Cl-].[Hf]. The first kappa shape index (κ1) is 43.6. The molecule has 0 radical (unpaired) electrons. The van der Waals surface area contributed by atoms with Crippen molar-refractivity contribution in [3.8, 4) is 22.3 Å². The summed E-state index contributed by atoms with van der Waals surface area (Å²) >= 11 is 0. The first-order chi connectivity index (χ1) is 22.0. The van der Waals surface area contributed by atoms with Crippen LogP contribution in [0, 0.1) is 13.8 Å². The van der Waals surface area contributed by atoms with E-state index in [1.54, 1.807) is 0 Å². The Morgan fingerprint density at radius 1 is 0.521 bits per heavy atom. The zero-order valence-electron chi connectivity index (χ0n) is 29.4. The average Bonchev–Trinajstić information content (AvgIpc) is 3.71. The second kappa shape index (κ2) is 23.0. The van der Waals surface area contributed by atoms with Crippen molar-refractivity contribution in [3.63, 3.8) is 0 Å². The minimum Gasteiger partial charge on any atom is -1.00 e. The molecule has 0 atom stereocenters. The van der Waals surface area contributed by atoms with E-state index in [0.717, 1.165) is 19.3 Å². The van der Waals surface area contributed by atoms with Crippen LogP contribution in [0.25, 0.3) is 43.8 Å². The Labute approximate surface area is 323 Å². The Kier molecular flexibility index (Phi) is 20.9. The summed E-state index contributed by atoms with van der Waals surface area (Å²) in [5, 5.41) is 5.54. The first-order valence-corrected chi connectivity index (χ1v) is 17.2. The summed E-state index contributed by atoms with van der Waals surface area (Å²) in [4.78, 5) is 0. The minimum absolute atomic E-state index is 0. The largest absolute Gasteiger partial charge is 1.00 e. The fourth-order valence-corrected chi connectivity index (χ4v) is 5.99. The van der Waals surface area contributed by atoms with Gasteiger partial charge in [0.25, 0.3) is 0 Å². The van der Waals surface area contributed by atoms with Gasteiger partial charge in [-0.15, -0.1) is 69.1 Å². The summed E-state index contributed by atoms with van der Waals surface area (Å²) in [6, 6.07) is 40.8. The second-order valence-corrected chi connectivity index (χ2v) is 12.0. The van der Waals surface area contributed by atoms with Crippen LogP contribution in [-0.4, -0.2) is 0 Å². The average molecular weight is 842 g/mol. The summed E-state index contributed by atoms with van der Waals surface area (Å²) in [6.07, 6.45) is 10.4. The number of unbranched alkanes of at least 4 members (excludes halogenated alkanes) is 2. The van der Waals surface area contributed by atoms with Crippen molar-refractivity contribution in [1.29, 1.82) is 0 Å². The molecule has 0 unspecified atom stereocenters. The monoisotopic (exact) mass is 842 g/mol. The Bertz CT molecular complexity index is 1590. The van der Waals surface area contributed by atoms with E-state index in [1.807, 2.05) is 0 Å². The van der Waals surface area contributed by atoms with Gasteiger partial charge in [-0.3, -0.25) is 0 Å². The van der Waals surface area contributed by atoms with Gasteiger partial charge in [0.05, 0.1) is 0 Å². The molecular weight excluding hydrogens is 790 g/mol. The molecule has 0 saturated heterocycles. The third kappa shape index (κ3) is 11.9. The van der Waals surface area contributed by atoms with E-state index in [1.165, 1.54) is 105 Å². The van der Waals surface area contributed by atoms with Crippen molar-refractivity contribution in [1.82, 2.24) is 0 Å². The summed E-state index contributed by atoms with van der Waals surface area (Å²) < 4.78 is 0. The molecule has 0 fully saturated rings.